The van der Waals surface area contributed by atoms with Gasteiger partial charge in [-0.25, -0.2) is 4.79 Å². The number of Topliss-reactive ketones (excluding diaryl/α,β-unsaturated/α-hetero) is 1. The number of ether oxygens (including phenoxy) is 2. The van der Waals surface area contributed by atoms with Crippen LogP contribution in [0.25, 0.3) is 0 Å². The highest BCUT2D eigenvalue weighted by Crippen LogP contribution is 2.11. The van der Waals surface area contributed by atoms with Crippen molar-refractivity contribution in [2.24, 2.45) is 0 Å². The van der Waals surface area contributed by atoms with E-state index in [0.717, 1.165) is 0 Å². The Morgan fingerprint density at radius 3 is 2.21 bits per heavy atom. The molecule has 0 heterocycles. The van der Waals surface area contributed by atoms with Crippen LogP contribution in [0.2, 0.25) is 0 Å². The summed E-state index contributed by atoms with van der Waals surface area (Å²) in [4.78, 5) is 34.5. The van der Waals surface area contributed by atoms with Gasteiger partial charge in [-0.15, -0.1) is 0 Å². The number of ketones is 1. The molecule has 0 atom stereocenters. The lowest BCUT2D eigenvalue weighted by Gasteiger charge is -2.07. The molecule has 2 rings (SSSR count). The molecule has 0 bridgehead atoms. The summed E-state index contributed by atoms with van der Waals surface area (Å²) in [5.41, 5.74) is 0.980. The number of nitrogens with one attached hydrogen (secondary N) is 1. The smallest absolute Gasteiger partial charge is 0.344 e. The number of benzene rings is 2. The number of carbonyl (C=O) groups is 3. The summed E-state index contributed by atoms with van der Waals surface area (Å²) in [5.74, 6) is -0.602. The molecule has 6 heteroatoms. The summed E-state index contributed by atoms with van der Waals surface area (Å²) in [6.07, 6.45) is 0. The Morgan fingerprint density at radius 1 is 0.917 bits per heavy atom. The third kappa shape index (κ3) is 5.57. The van der Waals surface area contributed by atoms with Gasteiger partial charge in [0.15, 0.2) is 19.0 Å². The van der Waals surface area contributed by atoms with Crippen LogP contribution in [0, 0.1) is 0 Å². The van der Waals surface area contributed by atoms with Gasteiger partial charge >= 0.3 is 5.97 Å². The molecular formula is C18H17NO5. The van der Waals surface area contributed by atoms with Gasteiger partial charge in [0.25, 0.3) is 0 Å². The van der Waals surface area contributed by atoms with E-state index in [4.69, 9.17) is 9.47 Å². The van der Waals surface area contributed by atoms with Crippen LogP contribution < -0.4 is 10.1 Å². The highest BCUT2D eigenvalue weighted by molar-refractivity contribution is 5.98. The minimum atomic E-state index is -0.623. The maximum Gasteiger partial charge on any atom is 0.344 e. The van der Waals surface area contributed by atoms with E-state index < -0.39 is 5.97 Å². The number of para-hydroxylation sites is 1. The van der Waals surface area contributed by atoms with Crippen LogP contribution in [0.4, 0.5) is 5.69 Å². The van der Waals surface area contributed by atoms with Gasteiger partial charge in [0.2, 0.25) is 5.91 Å². The zero-order chi connectivity index (χ0) is 17.4. The van der Waals surface area contributed by atoms with Crippen molar-refractivity contribution >= 4 is 23.3 Å². The number of hydrogen-bond donors (Lipinski definition) is 1. The van der Waals surface area contributed by atoms with Gasteiger partial charge < -0.3 is 14.8 Å². The van der Waals surface area contributed by atoms with Crippen molar-refractivity contribution in [3.63, 3.8) is 0 Å². The molecule has 0 saturated carbocycles. The summed E-state index contributed by atoms with van der Waals surface area (Å²) in [5, 5.41) is 2.60. The van der Waals surface area contributed by atoms with E-state index in [2.05, 4.69) is 5.32 Å². The van der Waals surface area contributed by atoms with Crippen molar-refractivity contribution in [2.45, 2.75) is 6.92 Å². The van der Waals surface area contributed by atoms with Gasteiger partial charge in [0.1, 0.15) is 5.75 Å². The first-order chi connectivity index (χ1) is 11.5. The first-order valence-corrected chi connectivity index (χ1v) is 7.29. The second-order valence-corrected chi connectivity index (χ2v) is 4.94. The minimum Gasteiger partial charge on any atom is -0.482 e. The van der Waals surface area contributed by atoms with Crippen molar-refractivity contribution < 1.29 is 23.9 Å². The van der Waals surface area contributed by atoms with Crippen molar-refractivity contribution in [3.05, 3.63) is 60.2 Å². The van der Waals surface area contributed by atoms with E-state index >= 15 is 0 Å². The highest BCUT2D eigenvalue weighted by Gasteiger charge is 2.11. The SMILES string of the molecule is CC(=O)Nc1ccc(C(=O)COC(=O)COc2ccccc2)cc1. The Hall–Kier alpha value is -3.15. The van der Waals surface area contributed by atoms with Gasteiger partial charge in [-0.05, 0) is 36.4 Å². The molecule has 0 saturated heterocycles. The van der Waals surface area contributed by atoms with E-state index in [-0.39, 0.29) is 24.9 Å². The molecule has 1 amide bonds. The monoisotopic (exact) mass is 327 g/mol. The molecule has 0 unspecified atom stereocenters. The fourth-order valence-electron chi connectivity index (χ4n) is 1.87. The molecule has 0 aliphatic heterocycles. The predicted octanol–water partition coefficient (Wildman–Crippen LogP) is 2.45. The van der Waals surface area contributed by atoms with E-state index in [1.165, 1.54) is 6.92 Å². The zero-order valence-corrected chi connectivity index (χ0v) is 13.2. The summed E-state index contributed by atoms with van der Waals surface area (Å²) >= 11 is 0. The summed E-state index contributed by atoms with van der Waals surface area (Å²) in [6.45, 7) is 0.769. The Balaban J connectivity index is 1.77. The standard InChI is InChI=1S/C18H17NO5/c1-13(20)19-15-9-7-14(8-10-15)17(21)11-24-18(22)12-23-16-5-3-2-4-6-16/h2-10H,11-12H2,1H3,(H,19,20). The van der Waals surface area contributed by atoms with E-state index in [1.807, 2.05) is 6.07 Å². The lowest BCUT2D eigenvalue weighted by Crippen LogP contribution is -2.19. The average molecular weight is 327 g/mol. The Kier molecular flexibility index (Phi) is 6.08. The molecule has 0 radical (unpaired) electrons. The third-order valence-electron chi connectivity index (χ3n) is 2.99. The lowest BCUT2D eigenvalue weighted by atomic mass is 10.1. The maximum atomic E-state index is 12.0. The van der Waals surface area contributed by atoms with E-state index in [0.29, 0.717) is 17.0 Å². The van der Waals surface area contributed by atoms with Gasteiger partial charge in [-0.1, -0.05) is 18.2 Å². The average Bonchev–Trinajstić information content (AvgIpc) is 2.59. The molecular weight excluding hydrogens is 310 g/mol. The lowest BCUT2D eigenvalue weighted by molar-refractivity contribution is -0.144. The Morgan fingerprint density at radius 2 is 1.58 bits per heavy atom. The first kappa shape index (κ1) is 17.2. The third-order valence-corrected chi connectivity index (χ3v) is 2.99. The number of anilines is 1. The van der Waals surface area contributed by atoms with Crippen molar-refractivity contribution in [1.82, 2.24) is 0 Å². The van der Waals surface area contributed by atoms with E-state index in [1.54, 1.807) is 48.5 Å². The second-order valence-electron chi connectivity index (χ2n) is 4.94. The molecule has 0 aliphatic carbocycles. The second kappa shape index (κ2) is 8.47. The molecule has 124 valence electrons. The molecule has 24 heavy (non-hydrogen) atoms. The molecule has 6 nitrogen and oxygen atoms in total. The molecule has 2 aromatic rings. The highest BCUT2D eigenvalue weighted by atomic mass is 16.6. The van der Waals surface area contributed by atoms with E-state index in [9.17, 15) is 14.4 Å². The minimum absolute atomic E-state index is 0.193. The maximum absolute atomic E-state index is 12.0. The van der Waals surface area contributed by atoms with Crippen molar-refractivity contribution in [1.29, 1.82) is 0 Å². The molecule has 0 aliphatic rings. The van der Waals surface area contributed by atoms with Gasteiger partial charge in [-0.2, -0.15) is 0 Å². The topological polar surface area (TPSA) is 81.7 Å². The van der Waals surface area contributed by atoms with Crippen LogP contribution in [0.1, 0.15) is 17.3 Å². The van der Waals surface area contributed by atoms with Crippen LogP contribution in [-0.2, 0) is 14.3 Å². The van der Waals surface area contributed by atoms with Gasteiger partial charge in [-0.3, -0.25) is 9.59 Å². The van der Waals surface area contributed by atoms with Gasteiger partial charge in [0, 0.05) is 18.2 Å². The number of rotatable bonds is 7. The van der Waals surface area contributed by atoms with Crippen LogP contribution in [0.5, 0.6) is 5.75 Å². The number of carbonyl (C=O) groups excluding carboxylic acids is 3. The molecule has 1 N–H and O–H groups in total. The summed E-state index contributed by atoms with van der Waals surface area (Å²) < 4.78 is 10.1. The van der Waals surface area contributed by atoms with Gasteiger partial charge in [0.05, 0.1) is 0 Å². The molecule has 0 spiro atoms. The quantitative estimate of drug-likeness (QED) is 0.624. The molecule has 0 aromatic heterocycles. The zero-order valence-electron chi connectivity index (χ0n) is 13.2. The Labute approximate surface area is 139 Å². The number of hydrogen-bond acceptors (Lipinski definition) is 5. The Bertz CT molecular complexity index is 710. The van der Waals surface area contributed by atoms with Crippen LogP contribution in [-0.4, -0.2) is 30.9 Å². The van der Waals surface area contributed by atoms with Crippen LogP contribution in [0.15, 0.2) is 54.6 Å². The van der Waals surface area contributed by atoms with Crippen LogP contribution in [0.3, 0.4) is 0 Å². The fraction of sp³-hybridized carbons (Fsp3) is 0.167. The van der Waals surface area contributed by atoms with Crippen molar-refractivity contribution in [2.75, 3.05) is 18.5 Å². The first-order valence-electron chi connectivity index (χ1n) is 7.29. The molecule has 2 aromatic carbocycles. The number of amides is 1. The number of esters is 1. The largest absolute Gasteiger partial charge is 0.482 e. The summed E-state index contributed by atoms with van der Waals surface area (Å²) in [6, 6.07) is 15.2. The predicted molar refractivity (Wildman–Crippen MR) is 88.0 cm³/mol. The fourth-order valence-corrected chi connectivity index (χ4v) is 1.87. The van der Waals surface area contributed by atoms with Crippen molar-refractivity contribution in [3.8, 4) is 5.75 Å². The van der Waals surface area contributed by atoms with Crippen LogP contribution >= 0.6 is 0 Å². The summed E-state index contributed by atoms with van der Waals surface area (Å²) in [7, 11) is 0. The normalized spacial score (nSPS) is 9.88. The molecule has 0 fully saturated rings.